The van der Waals surface area contributed by atoms with Crippen LogP contribution in [0.15, 0.2) is 53.9 Å². The van der Waals surface area contributed by atoms with Gasteiger partial charge in [-0.05, 0) is 48.0 Å². The molecule has 9 heteroatoms. The number of rotatable bonds is 5. The van der Waals surface area contributed by atoms with Crippen molar-refractivity contribution < 1.29 is 9.53 Å². The van der Waals surface area contributed by atoms with Gasteiger partial charge in [-0.2, -0.15) is 4.98 Å². The molecule has 0 spiro atoms. The largest absolute Gasteiger partial charge is 0.497 e. The number of aromatic nitrogens is 3. The third-order valence-electron chi connectivity index (χ3n) is 4.07. The van der Waals surface area contributed by atoms with Gasteiger partial charge in [0, 0.05) is 17.0 Å². The Labute approximate surface area is 180 Å². The first kappa shape index (κ1) is 19.4. The molecule has 1 amide bonds. The highest BCUT2D eigenvalue weighted by Crippen LogP contribution is 2.27. The molecular formula is C20H14Cl2N4O2S. The zero-order chi connectivity index (χ0) is 20.4. The van der Waals surface area contributed by atoms with Crippen molar-refractivity contribution in [3.05, 3.63) is 69.5 Å². The Bertz CT molecular complexity index is 1220. The van der Waals surface area contributed by atoms with Gasteiger partial charge in [-0.1, -0.05) is 29.3 Å². The molecule has 29 heavy (non-hydrogen) atoms. The second kappa shape index (κ2) is 8.24. The van der Waals surface area contributed by atoms with Crippen molar-refractivity contribution in [3.63, 3.8) is 0 Å². The van der Waals surface area contributed by atoms with E-state index in [1.54, 1.807) is 35.9 Å². The summed E-state index contributed by atoms with van der Waals surface area (Å²) in [4.78, 5) is 17.2. The molecule has 146 valence electrons. The predicted octanol–water partition coefficient (Wildman–Crippen LogP) is 5.43. The minimum Gasteiger partial charge on any atom is -0.497 e. The molecule has 2 aromatic heterocycles. The maximum absolute atomic E-state index is 12.2. The zero-order valence-corrected chi connectivity index (χ0v) is 17.4. The van der Waals surface area contributed by atoms with Crippen LogP contribution in [0.2, 0.25) is 10.0 Å². The molecule has 0 atom stereocenters. The van der Waals surface area contributed by atoms with Crippen LogP contribution in [0.25, 0.3) is 22.3 Å². The van der Waals surface area contributed by atoms with E-state index in [0.717, 1.165) is 22.6 Å². The van der Waals surface area contributed by atoms with E-state index in [0.29, 0.717) is 15.0 Å². The molecule has 2 aromatic carbocycles. The van der Waals surface area contributed by atoms with Crippen molar-refractivity contribution in [1.29, 1.82) is 0 Å². The fourth-order valence-electron chi connectivity index (χ4n) is 2.63. The number of thiazole rings is 1. The summed E-state index contributed by atoms with van der Waals surface area (Å²) in [6.45, 7) is 0. The molecule has 0 saturated heterocycles. The summed E-state index contributed by atoms with van der Waals surface area (Å²) in [5.41, 5.74) is 2.61. The van der Waals surface area contributed by atoms with Crippen molar-refractivity contribution in [2.75, 3.05) is 12.4 Å². The number of benzene rings is 2. The number of ether oxygens (including phenoxy) is 1. The normalized spacial score (nSPS) is 11.3. The van der Waals surface area contributed by atoms with E-state index in [2.05, 4.69) is 15.4 Å². The third kappa shape index (κ3) is 4.27. The number of amides is 1. The number of carbonyl (C=O) groups is 1. The van der Waals surface area contributed by atoms with Crippen molar-refractivity contribution >= 4 is 57.4 Å². The van der Waals surface area contributed by atoms with Crippen molar-refractivity contribution in [2.24, 2.45) is 0 Å². The smallest absolute Gasteiger partial charge is 0.250 e. The summed E-state index contributed by atoms with van der Waals surface area (Å²) >= 11 is 13.3. The van der Waals surface area contributed by atoms with Gasteiger partial charge in [0.15, 0.2) is 0 Å². The number of carbonyl (C=O) groups excluding carboxylic acids is 1. The fraction of sp³-hybridized carbons (Fsp3) is 0.0500. The highest BCUT2D eigenvalue weighted by atomic mass is 35.5. The summed E-state index contributed by atoms with van der Waals surface area (Å²) in [6, 6.07) is 12.8. The lowest BCUT2D eigenvalue weighted by molar-refractivity contribution is -0.111. The van der Waals surface area contributed by atoms with Gasteiger partial charge in [0.1, 0.15) is 5.75 Å². The lowest BCUT2D eigenvalue weighted by Crippen LogP contribution is -2.09. The molecule has 0 fully saturated rings. The second-order valence-corrected chi connectivity index (χ2v) is 7.63. The lowest BCUT2D eigenvalue weighted by atomic mass is 10.2. The van der Waals surface area contributed by atoms with Gasteiger partial charge < -0.3 is 4.74 Å². The van der Waals surface area contributed by atoms with Crippen molar-refractivity contribution in [3.8, 4) is 17.0 Å². The molecule has 0 aliphatic rings. The number of nitrogens with one attached hydrogen (secondary N) is 1. The van der Waals surface area contributed by atoms with Crippen LogP contribution >= 0.6 is 34.5 Å². The van der Waals surface area contributed by atoms with Crippen LogP contribution in [0.5, 0.6) is 5.75 Å². The lowest BCUT2D eigenvalue weighted by Gasteiger charge is -2.02. The molecule has 4 aromatic rings. The average molecular weight is 445 g/mol. The molecule has 0 aliphatic carbocycles. The summed E-state index contributed by atoms with van der Waals surface area (Å²) < 4.78 is 6.89. The first-order valence-electron chi connectivity index (χ1n) is 8.46. The van der Waals surface area contributed by atoms with Crippen LogP contribution in [0.1, 0.15) is 5.56 Å². The van der Waals surface area contributed by atoms with Crippen LogP contribution in [-0.4, -0.2) is 27.6 Å². The average Bonchev–Trinajstić information content (AvgIpc) is 3.29. The number of hydrogen-bond acceptors (Lipinski definition) is 5. The Morgan fingerprint density at radius 2 is 1.97 bits per heavy atom. The quantitative estimate of drug-likeness (QED) is 0.417. The first-order chi connectivity index (χ1) is 14.0. The number of anilines is 1. The monoisotopic (exact) mass is 444 g/mol. The van der Waals surface area contributed by atoms with E-state index >= 15 is 0 Å². The second-order valence-electron chi connectivity index (χ2n) is 5.98. The van der Waals surface area contributed by atoms with E-state index in [-0.39, 0.29) is 11.9 Å². The van der Waals surface area contributed by atoms with Crippen LogP contribution < -0.4 is 10.1 Å². The minimum atomic E-state index is -0.347. The van der Waals surface area contributed by atoms with E-state index in [4.69, 9.17) is 27.9 Å². The molecule has 0 saturated carbocycles. The Kier molecular flexibility index (Phi) is 5.53. The summed E-state index contributed by atoms with van der Waals surface area (Å²) in [6.07, 6.45) is 3.03. The van der Waals surface area contributed by atoms with Crippen LogP contribution in [0.3, 0.4) is 0 Å². The van der Waals surface area contributed by atoms with Gasteiger partial charge in [-0.3, -0.25) is 10.1 Å². The minimum absolute atomic E-state index is 0.232. The van der Waals surface area contributed by atoms with Crippen LogP contribution in [-0.2, 0) is 4.79 Å². The Morgan fingerprint density at radius 3 is 2.69 bits per heavy atom. The van der Waals surface area contributed by atoms with E-state index < -0.39 is 0 Å². The van der Waals surface area contributed by atoms with Gasteiger partial charge in [-0.15, -0.1) is 16.4 Å². The van der Waals surface area contributed by atoms with Crippen LogP contribution in [0.4, 0.5) is 5.95 Å². The number of nitrogens with zero attached hydrogens (tertiary/aromatic N) is 3. The Morgan fingerprint density at radius 1 is 1.17 bits per heavy atom. The molecule has 0 radical (unpaired) electrons. The maximum Gasteiger partial charge on any atom is 0.250 e. The van der Waals surface area contributed by atoms with E-state index in [1.165, 1.54) is 17.4 Å². The number of fused-ring (bicyclic) bond motifs is 1. The van der Waals surface area contributed by atoms with Crippen molar-refractivity contribution in [2.45, 2.75) is 0 Å². The predicted molar refractivity (Wildman–Crippen MR) is 117 cm³/mol. The van der Waals surface area contributed by atoms with Crippen molar-refractivity contribution in [1.82, 2.24) is 14.6 Å². The molecule has 1 N–H and O–H groups in total. The van der Waals surface area contributed by atoms with Gasteiger partial charge in [-0.25, -0.2) is 4.52 Å². The van der Waals surface area contributed by atoms with E-state index in [9.17, 15) is 4.79 Å². The third-order valence-corrected chi connectivity index (χ3v) is 5.63. The SMILES string of the molecule is COc1ccc(-c2csc3nc(NC(=O)/C=C/c4ccc(Cl)c(Cl)c4)nn23)cc1. The van der Waals surface area contributed by atoms with Crippen LogP contribution in [0, 0.1) is 0 Å². The molecule has 2 heterocycles. The van der Waals surface area contributed by atoms with Gasteiger partial charge in [0.05, 0.1) is 22.8 Å². The first-order valence-corrected chi connectivity index (χ1v) is 10.1. The number of hydrogen-bond donors (Lipinski definition) is 1. The van der Waals surface area contributed by atoms with Gasteiger partial charge in [0.2, 0.25) is 4.96 Å². The molecule has 6 nitrogen and oxygen atoms in total. The highest BCUT2D eigenvalue weighted by molar-refractivity contribution is 7.15. The number of methoxy groups -OCH3 is 1. The molecule has 4 rings (SSSR count). The fourth-order valence-corrected chi connectivity index (χ4v) is 3.77. The van der Waals surface area contributed by atoms with Gasteiger partial charge in [0.25, 0.3) is 11.9 Å². The summed E-state index contributed by atoms with van der Waals surface area (Å²) in [7, 11) is 1.63. The molecule has 0 aliphatic heterocycles. The topological polar surface area (TPSA) is 68.5 Å². The Balaban J connectivity index is 1.51. The highest BCUT2D eigenvalue weighted by Gasteiger charge is 2.12. The molecular weight excluding hydrogens is 431 g/mol. The molecule has 0 unspecified atom stereocenters. The maximum atomic E-state index is 12.2. The van der Waals surface area contributed by atoms with Gasteiger partial charge >= 0.3 is 0 Å². The standard InChI is InChI=1S/C20H14Cl2N4O2S/c1-28-14-6-4-13(5-7-14)17-11-29-20-24-19(25-26(17)20)23-18(27)9-3-12-2-8-15(21)16(22)10-12/h2-11H,1H3,(H,23,25,27)/b9-3+. The molecule has 0 bridgehead atoms. The van der Waals surface area contributed by atoms with E-state index in [1.807, 2.05) is 29.6 Å². The summed E-state index contributed by atoms with van der Waals surface area (Å²) in [5.74, 6) is 0.663. The zero-order valence-electron chi connectivity index (χ0n) is 15.1. The Hall–Kier alpha value is -2.87. The number of halogens is 2. The summed E-state index contributed by atoms with van der Waals surface area (Å²) in [5, 5.41) is 9.92.